The van der Waals surface area contributed by atoms with Gasteiger partial charge in [-0.2, -0.15) is 0 Å². The Morgan fingerprint density at radius 3 is 2.12 bits per heavy atom. The second-order valence-electron chi connectivity index (χ2n) is 6.37. The van der Waals surface area contributed by atoms with Crippen molar-refractivity contribution in [3.63, 3.8) is 0 Å². The third kappa shape index (κ3) is 5.75. The summed E-state index contributed by atoms with van der Waals surface area (Å²) in [5.74, 6) is -0.154. The minimum absolute atomic E-state index is 0.0335. The number of carbonyl (C=O) groups is 2. The van der Waals surface area contributed by atoms with Crippen molar-refractivity contribution in [2.45, 2.75) is 33.2 Å². The van der Waals surface area contributed by atoms with Crippen molar-refractivity contribution < 1.29 is 9.59 Å². The van der Waals surface area contributed by atoms with E-state index in [1.165, 1.54) is 0 Å². The summed E-state index contributed by atoms with van der Waals surface area (Å²) < 4.78 is 0. The third-order valence-corrected chi connectivity index (χ3v) is 3.93. The lowest BCUT2D eigenvalue weighted by Crippen LogP contribution is -2.43. The largest absolute Gasteiger partial charge is 0.352 e. The van der Waals surface area contributed by atoms with Crippen molar-refractivity contribution in [1.82, 2.24) is 10.2 Å². The number of amides is 2. The van der Waals surface area contributed by atoms with Gasteiger partial charge in [0.25, 0.3) is 0 Å². The quantitative estimate of drug-likeness (QED) is 0.842. The summed E-state index contributed by atoms with van der Waals surface area (Å²) in [6.07, 6.45) is 0.303. The number of carbonyl (C=O) groups excluding carboxylic acids is 2. The second-order valence-corrected chi connectivity index (χ2v) is 6.37. The van der Waals surface area contributed by atoms with Gasteiger partial charge in [-0.05, 0) is 37.5 Å². The molecule has 0 bridgehead atoms. The summed E-state index contributed by atoms with van der Waals surface area (Å²) in [6.45, 7) is 6.33. The molecule has 4 nitrogen and oxygen atoms in total. The molecular weight excluding hydrogens is 312 g/mol. The molecule has 0 aliphatic heterocycles. The predicted octanol–water partition coefficient (Wildman–Crippen LogP) is 3.27. The minimum atomic E-state index is -0.121. The fourth-order valence-corrected chi connectivity index (χ4v) is 2.65. The number of likely N-dealkylation sites (N-methyl/N-ethyl adjacent to an activating group) is 1. The van der Waals surface area contributed by atoms with Crippen LogP contribution in [0.25, 0.3) is 11.1 Å². The Hall–Kier alpha value is -2.62. The Morgan fingerprint density at radius 2 is 1.56 bits per heavy atom. The molecule has 0 fully saturated rings. The van der Waals surface area contributed by atoms with Crippen molar-refractivity contribution in [2.24, 2.45) is 0 Å². The second kappa shape index (κ2) is 9.02. The molecule has 2 rings (SSSR count). The molecule has 0 spiro atoms. The molecule has 25 heavy (non-hydrogen) atoms. The Kier molecular flexibility index (Phi) is 6.75. The first-order chi connectivity index (χ1) is 12.0. The van der Waals surface area contributed by atoms with Gasteiger partial charge in [-0.25, -0.2) is 0 Å². The molecule has 0 saturated carbocycles. The molecule has 0 unspecified atom stereocenters. The maximum Gasteiger partial charge on any atom is 0.239 e. The van der Waals surface area contributed by atoms with Gasteiger partial charge in [-0.15, -0.1) is 0 Å². The van der Waals surface area contributed by atoms with Crippen LogP contribution >= 0.6 is 0 Å². The van der Waals surface area contributed by atoms with Crippen LogP contribution in [0.3, 0.4) is 0 Å². The number of nitrogens with zero attached hydrogens (tertiary/aromatic N) is 1. The van der Waals surface area contributed by atoms with Gasteiger partial charge in [0.2, 0.25) is 11.8 Å². The highest BCUT2D eigenvalue weighted by Crippen LogP contribution is 2.19. The van der Waals surface area contributed by atoms with E-state index in [2.05, 4.69) is 17.4 Å². The first-order valence-electron chi connectivity index (χ1n) is 8.71. The molecule has 0 aliphatic carbocycles. The van der Waals surface area contributed by atoms with Gasteiger partial charge in [0, 0.05) is 12.6 Å². The standard InChI is InChI=1S/C21H26N2O2/c1-4-23(15-20(24)22-16(2)3)21(25)14-17-10-12-19(13-11-17)18-8-6-5-7-9-18/h5-13,16H,4,14-15H2,1-3H3,(H,22,24). The summed E-state index contributed by atoms with van der Waals surface area (Å²) in [4.78, 5) is 25.9. The van der Waals surface area contributed by atoms with Gasteiger partial charge in [0.15, 0.2) is 0 Å². The smallest absolute Gasteiger partial charge is 0.239 e. The average Bonchev–Trinajstić information content (AvgIpc) is 2.60. The van der Waals surface area contributed by atoms with Crippen LogP contribution in [0.15, 0.2) is 54.6 Å². The van der Waals surface area contributed by atoms with E-state index in [0.717, 1.165) is 16.7 Å². The average molecular weight is 338 g/mol. The van der Waals surface area contributed by atoms with Crippen LogP contribution in [0.4, 0.5) is 0 Å². The fourth-order valence-electron chi connectivity index (χ4n) is 2.65. The maximum absolute atomic E-state index is 12.5. The van der Waals surface area contributed by atoms with Gasteiger partial charge in [-0.3, -0.25) is 9.59 Å². The Morgan fingerprint density at radius 1 is 0.960 bits per heavy atom. The molecule has 0 saturated heterocycles. The minimum Gasteiger partial charge on any atom is -0.352 e. The molecule has 2 aromatic rings. The van der Waals surface area contributed by atoms with Gasteiger partial charge in [-0.1, -0.05) is 54.6 Å². The zero-order valence-electron chi connectivity index (χ0n) is 15.2. The highest BCUT2D eigenvalue weighted by molar-refractivity contribution is 5.86. The molecule has 2 aromatic carbocycles. The number of hydrogen-bond donors (Lipinski definition) is 1. The predicted molar refractivity (Wildman–Crippen MR) is 101 cm³/mol. The van der Waals surface area contributed by atoms with Crippen molar-refractivity contribution in [3.8, 4) is 11.1 Å². The zero-order valence-corrected chi connectivity index (χ0v) is 15.2. The molecule has 132 valence electrons. The van der Waals surface area contributed by atoms with E-state index in [1.54, 1.807) is 4.90 Å². The van der Waals surface area contributed by atoms with Gasteiger partial charge in [0.05, 0.1) is 13.0 Å². The van der Waals surface area contributed by atoms with E-state index >= 15 is 0 Å². The van der Waals surface area contributed by atoms with E-state index in [4.69, 9.17) is 0 Å². The molecule has 2 amide bonds. The van der Waals surface area contributed by atoms with Crippen molar-refractivity contribution >= 4 is 11.8 Å². The molecule has 0 aliphatic rings. The zero-order chi connectivity index (χ0) is 18.2. The first-order valence-corrected chi connectivity index (χ1v) is 8.71. The lowest BCUT2D eigenvalue weighted by Gasteiger charge is -2.21. The highest BCUT2D eigenvalue weighted by Gasteiger charge is 2.16. The highest BCUT2D eigenvalue weighted by atomic mass is 16.2. The number of hydrogen-bond acceptors (Lipinski definition) is 2. The van der Waals surface area contributed by atoms with E-state index < -0.39 is 0 Å². The molecule has 0 atom stereocenters. The summed E-state index contributed by atoms with van der Waals surface area (Å²) in [5, 5.41) is 2.82. The first kappa shape index (κ1) is 18.7. The fraction of sp³-hybridized carbons (Fsp3) is 0.333. The maximum atomic E-state index is 12.5. The summed E-state index contributed by atoms with van der Waals surface area (Å²) in [6, 6.07) is 18.2. The molecule has 1 N–H and O–H groups in total. The lowest BCUT2D eigenvalue weighted by molar-refractivity contribution is -0.135. The van der Waals surface area contributed by atoms with E-state index in [1.807, 2.05) is 63.2 Å². The Labute approximate surface area is 149 Å². The van der Waals surface area contributed by atoms with Crippen LogP contribution in [0, 0.1) is 0 Å². The summed E-state index contributed by atoms with van der Waals surface area (Å²) in [7, 11) is 0. The van der Waals surface area contributed by atoms with E-state index in [0.29, 0.717) is 13.0 Å². The lowest BCUT2D eigenvalue weighted by atomic mass is 10.0. The van der Waals surface area contributed by atoms with Gasteiger partial charge in [0.1, 0.15) is 0 Å². The van der Waals surface area contributed by atoms with Crippen molar-refractivity contribution in [3.05, 3.63) is 60.2 Å². The number of benzene rings is 2. The normalized spacial score (nSPS) is 10.6. The third-order valence-electron chi connectivity index (χ3n) is 3.93. The molecule has 4 heteroatoms. The van der Waals surface area contributed by atoms with Gasteiger partial charge < -0.3 is 10.2 Å². The summed E-state index contributed by atoms with van der Waals surface area (Å²) >= 11 is 0. The summed E-state index contributed by atoms with van der Waals surface area (Å²) in [5.41, 5.74) is 3.23. The topological polar surface area (TPSA) is 49.4 Å². The van der Waals surface area contributed by atoms with Gasteiger partial charge >= 0.3 is 0 Å². The molecule has 0 heterocycles. The van der Waals surface area contributed by atoms with E-state index in [9.17, 15) is 9.59 Å². The van der Waals surface area contributed by atoms with Crippen LogP contribution in [0.2, 0.25) is 0 Å². The van der Waals surface area contributed by atoms with E-state index in [-0.39, 0.29) is 24.4 Å². The number of rotatable bonds is 7. The van der Waals surface area contributed by atoms with Crippen LogP contribution in [-0.2, 0) is 16.0 Å². The Balaban J connectivity index is 1.98. The number of nitrogens with one attached hydrogen (secondary N) is 1. The monoisotopic (exact) mass is 338 g/mol. The van der Waals surface area contributed by atoms with Crippen LogP contribution in [0.1, 0.15) is 26.3 Å². The van der Waals surface area contributed by atoms with Crippen molar-refractivity contribution in [2.75, 3.05) is 13.1 Å². The van der Waals surface area contributed by atoms with Crippen LogP contribution in [0.5, 0.6) is 0 Å². The molecule has 0 radical (unpaired) electrons. The van der Waals surface area contributed by atoms with Crippen LogP contribution in [-0.4, -0.2) is 35.8 Å². The Bertz CT molecular complexity index is 694. The van der Waals surface area contributed by atoms with Crippen LogP contribution < -0.4 is 5.32 Å². The SMILES string of the molecule is CCN(CC(=O)NC(C)C)C(=O)Cc1ccc(-c2ccccc2)cc1. The molecule has 0 aromatic heterocycles. The van der Waals surface area contributed by atoms with Crippen molar-refractivity contribution in [1.29, 1.82) is 0 Å². The molecular formula is C21H26N2O2.